The minimum atomic E-state index is -0.637. The smallest absolute Gasteiger partial charge is 0.152 e. The Morgan fingerprint density at radius 2 is 2.07 bits per heavy atom. The van der Waals surface area contributed by atoms with Crippen LogP contribution in [0.15, 0.2) is 52.9 Å². The van der Waals surface area contributed by atoms with Gasteiger partial charge in [-0.15, -0.1) is 0 Å². The Bertz CT molecular complexity index is 891. The number of amidine groups is 1. The van der Waals surface area contributed by atoms with E-state index in [1.54, 1.807) is 0 Å². The maximum Gasteiger partial charge on any atom is 0.152 e. The van der Waals surface area contributed by atoms with E-state index in [0.29, 0.717) is 24.6 Å². The molecule has 0 aromatic heterocycles. The first-order valence-corrected chi connectivity index (χ1v) is 9.72. The zero-order valence-electron chi connectivity index (χ0n) is 16.4. The van der Waals surface area contributed by atoms with E-state index in [0.717, 1.165) is 29.9 Å². The SMILES string of the molecule is C=C1NCCN(Cc2c(F)ccc(F)c2Cl)C1=N/C(=C\C)C1=CC(C)(CC)N1. The first kappa shape index (κ1) is 20.4. The number of nitrogens with zero attached hydrogens (tertiary/aromatic N) is 2. The fourth-order valence-corrected chi connectivity index (χ4v) is 3.47. The highest BCUT2D eigenvalue weighted by Crippen LogP contribution is 2.30. The first-order valence-electron chi connectivity index (χ1n) is 9.35. The van der Waals surface area contributed by atoms with E-state index in [4.69, 9.17) is 16.6 Å². The Morgan fingerprint density at radius 3 is 2.71 bits per heavy atom. The summed E-state index contributed by atoms with van der Waals surface area (Å²) in [6.07, 6.45) is 5.04. The number of hydrogen-bond donors (Lipinski definition) is 2. The number of rotatable bonds is 5. The van der Waals surface area contributed by atoms with Crippen LogP contribution in [0.5, 0.6) is 0 Å². The standard InChI is InChI=1S/C21H25ClF2N4/c1-5-17(18-11-21(4,6-2)27-18)26-20-13(3)25-9-10-28(20)12-14-15(23)7-8-16(24)19(14)22/h5,7-8,11,25,27H,3,6,9-10,12H2,1-2,4H3/b17-5-,26-20?. The van der Waals surface area contributed by atoms with Crippen molar-refractivity contribution < 1.29 is 8.78 Å². The summed E-state index contributed by atoms with van der Waals surface area (Å²) >= 11 is 6.01. The Balaban J connectivity index is 1.92. The van der Waals surface area contributed by atoms with Gasteiger partial charge in [0.15, 0.2) is 5.84 Å². The molecule has 0 aliphatic carbocycles. The predicted octanol–water partition coefficient (Wildman–Crippen LogP) is 4.50. The second-order valence-electron chi connectivity index (χ2n) is 7.21. The molecule has 2 aliphatic heterocycles. The van der Waals surface area contributed by atoms with Crippen molar-refractivity contribution in [1.82, 2.24) is 15.5 Å². The maximum absolute atomic E-state index is 14.3. The average molecular weight is 407 g/mol. The van der Waals surface area contributed by atoms with Crippen LogP contribution >= 0.6 is 11.6 Å². The van der Waals surface area contributed by atoms with Gasteiger partial charge >= 0.3 is 0 Å². The summed E-state index contributed by atoms with van der Waals surface area (Å²) < 4.78 is 28.1. The van der Waals surface area contributed by atoms with E-state index < -0.39 is 11.6 Å². The van der Waals surface area contributed by atoms with Crippen molar-refractivity contribution in [2.75, 3.05) is 13.1 Å². The third kappa shape index (κ3) is 3.92. The second-order valence-corrected chi connectivity index (χ2v) is 7.59. The van der Waals surface area contributed by atoms with Crippen LogP contribution in [0.4, 0.5) is 8.78 Å². The van der Waals surface area contributed by atoms with E-state index in [9.17, 15) is 8.78 Å². The van der Waals surface area contributed by atoms with Crippen LogP contribution < -0.4 is 10.6 Å². The summed E-state index contributed by atoms with van der Waals surface area (Å²) in [6.45, 7) is 11.5. The molecule has 0 spiro atoms. The van der Waals surface area contributed by atoms with Gasteiger partial charge in [-0.2, -0.15) is 0 Å². The van der Waals surface area contributed by atoms with Gasteiger partial charge in [-0.05, 0) is 38.5 Å². The van der Waals surface area contributed by atoms with Gasteiger partial charge in [0.25, 0.3) is 0 Å². The lowest BCUT2D eigenvalue weighted by Crippen LogP contribution is -2.49. The van der Waals surface area contributed by atoms with Gasteiger partial charge in [0.05, 0.1) is 27.7 Å². The van der Waals surface area contributed by atoms with E-state index >= 15 is 0 Å². The molecule has 3 rings (SSSR count). The highest BCUT2D eigenvalue weighted by molar-refractivity contribution is 6.31. The molecule has 1 aromatic rings. The predicted molar refractivity (Wildman–Crippen MR) is 110 cm³/mol. The Kier molecular flexibility index (Phi) is 5.79. The van der Waals surface area contributed by atoms with Gasteiger partial charge in [0, 0.05) is 25.2 Å². The molecular weight excluding hydrogens is 382 g/mol. The van der Waals surface area contributed by atoms with Crippen LogP contribution in [0.3, 0.4) is 0 Å². The van der Waals surface area contributed by atoms with Crippen LogP contribution in [-0.4, -0.2) is 29.4 Å². The number of nitrogens with one attached hydrogen (secondary N) is 2. The summed E-state index contributed by atoms with van der Waals surface area (Å²) in [7, 11) is 0. The molecule has 4 nitrogen and oxygen atoms in total. The minimum absolute atomic E-state index is 0.0243. The van der Waals surface area contributed by atoms with Gasteiger partial charge in [0.2, 0.25) is 0 Å². The number of hydrogen-bond acceptors (Lipinski definition) is 3. The van der Waals surface area contributed by atoms with Crippen LogP contribution in [-0.2, 0) is 6.54 Å². The summed E-state index contributed by atoms with van der Waals surface area (Å²) in [5.74, 6) is -0.586. The average Bonchev–Trinajstić information content (AvgIpc) is 2.65. The van der Waals surface area contributed by atoms with Crippen molar-refractivity contribution in [1.29, 1.82) is 0 Å². The van der Waals surface area contributed by atoms with Crippen LogP contribution in [0.25, 0.3) is 0 Å². The molecule has 1 aromatic carbocycles. The Morgan fingerprint density at radius 1 is 1.39 bits per heavy atom. The molecule has 7 heteroatoms. The van der Waals surface area contributed by atoms with E-state index in [2.05, 4.69) is 37.1 Å². The lowest BCUT2D eigenvalue weighted by Gasteiger charge is -2.39. The van der Waals surface area contributed by atoms with Gasteiger partial charge in [-0.25, -0.2) is 13.8 Å². The van der Waals surface area contributed by atoms with Crippen LogP contribution in [0.2, 0.25) is 5.02 Å². The molecule has 28 heavy (non-hydrogen) atoms. The second kappa shape index (κ2) is 7.95. The number of benzene rings is 1. The fourth-order valence-electron chi connectivity index (χ4n) is 3.26. The number of halogens is 3. The van der Waals surface area contributed by atoms with Crippen molar-refractivity contribution in [3.05, 3.63) is 70.2 Å². The fraction of sp³-hybridized carbons (Fsp3) is 0.381. The van der Waals surface area contributed by atoms with Crippen molar-refractivity contribution in [2.45, 2.75) is 39.3 Å². The highest BCUT2D eigenvalue weighted by Gasteiger charge is 2.31. The number of aliphatic imine (C=N–C) groups is 1. The molecule has 2 N–H and O–H groups in total. The molecule has 0 bridgehead atoms. The minimum Gasteiger partial charge on any atom is -0.381 e. The zero-order valence-corrected chi connectivity index (χ0v) is 17.1. The van der Waals surface area contributed by atoms with E-state index in [1.807, 2.05) is 17.9 Å². The molecule has 1 fully saturated rings. The molecule has 1 atom stereocenters. The normalized spacial score (nSPS) is 23.9. The molecule has 2 heterocycles. The van der Waals surface area contributed by atoms with Gasteiger partial charge in [0.1, 0.15) is 11.6 Å². The molecule has 150 valence electrons. The number of piperazine rings is 1. The van der Waals surface area contributed by atoms with E-state index in [-0.39, 0.29) is 22.7 Å². The molecule has 1 unspecified atom stereocenters. The molecule has 2 aliphatic rings. The first-order chi connectivity index (χ1) is 13.3. The Hall–Kier alpha value is -2.34. The van der Waals surface area contributed by atoms with Crippen LogP contribution in [0, 0.1) is 11.6 Å². The lowest BCUT2D eigenvalue weighted by atomic mass is 9.89. The summed E-state index contributed by atoms with van der Waals surface area (Å²) in [5.41, 5.74) is 2.46. The van der Waals surface area contributed by atoms with Crippen molar-refractivity contribution in [2.24, 2.45) is 4.99 Å². The van der Waals surface area contributed by atoms with Crippen molar-refractivity contribution in [3.63, 3.8) is 0 Å². The lowest BCUT2D eigenvalue weighted by molar-refractivity contribution is 0.380. The molecular formula is C21H25ClF2N4. The van der Waals surface area contributed by atoms with Crippen LogP contribution in [0.1, 0.15) is 32.8 Å². The van der Waals surface area contributed by atoms with Crippen molar-refractivity contribution >= 4 is 17.4 Å². The van der Waals surface area contributed by atoms with Crippen molar-refractivity contribution in [3.8, 4) is 0 Å². The molecule has 0 saturated carbocycles. The summed E-state index contributed by atoms with van der Waals surface area (Å²) in [5, 5.41) is 6.43. The third-order valence-electron chi connectivity index (χ3n) is 5.17. The summed E-state index contributed by atoms with van der Waals surface area (Å²) in [6, 6.07) is 2.13. The maximum atomic E-state index is 14.3. The molecule has 0 amide bonds. The Labute approximate surface area is 169 Å². The van der Waals surface area contributed by atoms with Gasteiger partial charge in [-0.3, -0.25) is 0 Å². The van der Waals surface area contributed by atoms with Gasteiger partial charge < -0.3 is 15.5 Å². The highest BCUT2D eigenvalue weighted by atomic mass is 35.5. The molecule has 1 saturated heterocycles. The van der Waals surface area contributed by atoms with Gasteiger partial charge in [-0.1, -0.05) is 31.2 Å². The topological polar surface area (TPSA) is 39.7 Å². The molecule has 0 radical (unpaired) electrons. The zero-order chi connectivity index (χ0) is 20.5. The monoisotopic (exact) mass is 406 g/mol. The largest absolute Gasteiger partial charge is 0.381 e. The number of allylic oxidation sites excluding steroid dienone is 1. The summed E-state index contributed by atoms with van der Waals surface area (Å²) in [4.78, 5) is 6.63. The third-order valence-corrected chi connectivity index (χ3v) is 5.58. The van der Waals surface area contributed by atoms with E-state index in [1.165, 1.54) is 0 Å². The quantitative estimate of drug-likeness (QED) is 0.707.